The number of ether oxygens (including phenoxy) is 2. The van der Waals surface area contributed by atoms with Gasteiger partial charge >= 0.3 is 11.9 Å². The molecule has 0 aromatic heterocycles. The molecule has 0 unspecified atom stereocenters. The normalized spacial score (nSPS) is 11.6. The molecule has 0 spiro atoms. The van der Waals surface area contributed by atoms with Crippen LogP contribution in [0.5, 0.6) is 0 Å². The molecule has 0 radical (unpaired) electrons. The van der Waals surface area contributed by atoms with Gasteiger partial charge in [-0.3, -0.25) is 29.8 Å². The molecule has 0 bridgehead atoms. The summed E-state index contributed by atoms with van der Waals surface area (Å²) in [6.45, 7) is -0.743. The van der Waals surface area contributed by atoms with Gasteiger partial charge in [-0.2, -0.15) is 0 Å². The number of hydrogen-bond acceptors (Lipinski definition) is 8. The number of non-ortho nitro benzene ring substituents is 1. The lowest BCUT2D eigenvalue weighted by atomic mass is 9.85. The Morgan fingerprint density at radius 2 is 1.52 bits per heavy atom. The first kappa shape index (κ1) is 18.0. The van der Waals surface area contributed by atoms with Crippen molar-refractivity contribution in [1.29, 1.82) is 0 Å². The van der Waals surface area contributed by atoms with Crippen LogP contribution in [0.2, 0.25) is 0 Å². The molecular formula is C13H14N2O8. The number of hydrogen-bond donors (Lipinski definition) is 0. The molecule has 1 aromatic rings. The van der Waals surface area contributed by atoms with Crippen molar-refractivity contribution in [1.82, 2.24) is 0 Å². The van der Waals surface area contributed by atoms with E-state index in [0.717, 1.165) is 26.4 Å². The SMILES string of the molecule is COC(=O)C(C(=O)OC)[C@@H](C[N+](=O)[O-])c1ccc([N+](=O)[O-])cc1. The quantitative estimate of drug-likeness (QED) is 0.312. The number of nitrogens with zero attached hydrogens (tertiary/aromatic N) is 2. The van der Waals surface area contributed by atoms with Gasteiger partial charge in [0.25, 0.3) is 5.69 Å². The lowest BCUT2D eigenvalue weighted by Crippen LogP contribution is -2.35. The highest BCUT2D eigenvalue weighted by molar-refractivity contribution is 5.96. The van der Waals surface area contributed by atoms with Crippen molar-refractivity contribution in [3.05, 3.63) is 50.1 Å². The number of rotatable bonds is 7. The summed E-state index contributed by atoms with van der Waals surface area (Å²) in [4.78, 5) is 43.9. The Labute approximate surface area is 130 Å². The van der Waals surface area contributed by atoms with Crippen LogP contribution in [0.1, 0.15) is 11.5 Å². The molecule has 0 heterocycles. The molecule has 0 amide bonds. The zero-order valence-corrected chi connectivity index (χ0v) is 12.3. The van der Waals surface area contributed by atoms with Gasteiger partial charge in [-0.1, -0.05) is 12.1 Å². The number of nitro groups is 2. The third-order valence-electron chi connectivity index (χ3n) is 3.19. The average molecular weight is 326 g/mol. The van der Waals surface area contributed by atoms with Gasteiger partial charge in [-0.15, -0.1) is 0 Å². The molecule has 0 saturated carbocycles. The summed E-state index contributed by atoms with van der Waals surface area (Å²) in [5.41, 5.74) is -0.00520. The molecule has 0 aliphatic carbocycles. The molecule has 124 valence electrons. The van der Waals surface area contributed by atoms with E-state index in [1.165, 1.54) is 12.1 Å². The largest absolute Gasteiger partial charge is 0.468 e. The number of benzene rings is 1. The molecule has 0 aliphatic rings. The Bertz CT molecular complexity index is 597. The van der Waals surface area contributed by atoms with Crippen molar-refractivity contribution >= 4 is 17.6 Å². The Kier molecular flexibility index (Phi) is 6.13. The number of methoxy groups -OCH3 is 2. The predicted octanol–water partition coefficient (Wildman–Crippen LogP) is 0.917. The third-order valence-corrected chi connectivity index (χ3v) is 3.19. The van der Waals surface area contributed by atoms with Crippen LogP contribution in [0.15, 0.2) is 24.3 Å². The molecule has 1 rings (SSSR count). The van der Waals surface area contributed by atoms with Crippen LogP contribution < -0.4 is 0 Å². The van der Waals surface area contributed by atoms with E-state index in [-0.39, 0.29) is 11.3 Å². The summed E-state index contributed by atoms with van der Waals surface area (Å²) in [6.07, 6.45) is 0. The zero-order chi connectivity index (χ0) is 17.6. The standard InChI is InChI=1S/C13H14N2O8/c1-22-12(16)11(13(17)23-2)10(7-14(18)19)8-3-5-9(6-4-8)15(20)21/h3-6,10-11H,7H2,1-2H3/t10-/m0/s1. The van der Waals surface area contributed by atoms with E-state index in [1.54, 1.807) is 0 Å². The minimum absolute atomic E-state index is 0.216. The topological polar surface area (TPSA) is 139 Å². The summed E-state index contributed by atoms with van der Waals surface area (Å²) < 4.78 is 9.02. The second-order valence-corrected chi connectivity index (χ2v) is 4.49. The first-order valence-corrected chi connectivity index (χ1v) is 6.33. The maximum atomic E-state index is 11.8. The summed E-state index contributed by atoms with van der Waals surface area (Å²) in [5.74, 6) is -4.69. The smallest absolute Gasteiger partial charge is 0.320 e. The Morgan fingerprint density at radius 3 is 1.87 bits per heavy atom. The number of carbonyl (C=O) groups is 2. The summed E-state index contributed by atoms with van der Waals surface area (Å²) in [7, 11) is 2.08. The lowest BCUT2D eigenvalue weighted by Gasteiger charge is -2.20. The van der Waals surface area contributed by atoms with Gasteiger partial charge in [-0.05, 0) is 5.56 Å². The van der Waals surface area contributed by atoms with Crippen molar-refractivity contribution in [3.63, 3.8) is 0 Å². The van der Waals surface area contributed by atoms with E-state index in [1.807, 2.05) is 0 Å². The van der Waals surface area contributed by atoms with Crippen molar-refractivity contribution in [2.75, 3.05) is 20.8 Å². The average Bonchev–Trinajstić information content (AvgIpc) is 2.53. The first-order chi connectivity index (χ1) is 10.8. The van der Waals surface area contributed by atoms with Crippen molar-refractivity contribution in [2.24, 2.45) is 5.92 Å². The van der Waals surface area contributed by atoms with E-state index in [4.69, 9.17) is 0 Å². The van der Waals surface area contributed by atoms with Gasteiger partial charge in [0.15, 0.2) is 5.92 Å². The zero-order valence-electron chi connectivity index (χ0n) is 12.3. The van der Waals surface area contributed by atoms with E-state index < -0.39 is 40.2 Å². The minimum Gasteiger partial charge on any atom is -0.468 e. The van der Waals surface area contributed by atoms with Crippen LogP contribution in [0.25, 0.3) is 0 Å². The maximum Gasteiger partial charge on any atom is 0.320 e. The van der Waals surface area contributed by atoms with E-state index >= 15 is 0 Å². The third kappa shape index (κ3) is 4.46. The molecule has 23 heavy (non-hydrogen) atoms. The lowest BCUT2D eigenvalue weighted by molar-refractivity contribution is -0.484. The van der Waals surface area contributed by atoms with Crippen LogP contribution in [-0.4, -0.2) is 42.5 Å². The molecule has 0 fully saturated rings. The van der Waals surface area contributed by atoms with Crippen LogP contribution >= 0.6 is 0 Å². The highest BCUT2D eigenvalue weighted by Crippen LogP contribution is 2.29. The molecular weight excluding hydrogens is 312 g/mol. The predicted molar refractivity (Wildman–Crippen MR) is 75.2 cm³/mol. The highest BCUT2D eigenvalue weighted by atomic mass is 16.6. The molecule has 1 aromatic carbocycles. The molecule has 10 heteroatoms. The number of nitro benzene ring substituents is 1. The molecule has 10 nitrogen and oxygen atoms in total. The second-order valence-electron chi connectivity index (χ2n) is 4.49. The minimum atomic E-state index is -1.54. The van der Waals surface area contributed by atoms with Gasteiger partial charge in [0.05, 0.1) is 25.1 Å². The van der Waals surface area contributed by atoms with Gasteiger partial charge in [0, 0.05) is 17.1 Å². The fourth-order valence-electron chi connectivity index (χ4n) is 2.09. The fourth-order valence-corrected chi connectivity index (χ4v) is 2.09. The summed E-state index contributed by atoms with van der Waals surface area (Å²) in [6, 6.07) is 4.78. The van der Waals surface area contributed by atoms with Crippen molar-refractivity contribution in [3.8, 4) is 0 Å². The van der Waals surface area contributed by atoms with Gasteiger partial charge in [-0.25, -0.2) is 0 Å². The summed E-state index contributed by atoms with van der Waals surface area (Å²) >= 11 is 0. The second kappa shape index (κ2) is 7.82. The maximum absolute atomic E-state index is 11.8. The summed E-state index contributed by atoms with van der Waals surface area (Å²) in [5, 5.41) is 21.5. The van der Waals surface area contributed by atoms with Gasteiger partial charge < -0.3 is 9.47 Å². The molecule has 1 atom stereocenters. The van der Waals surface area contributed by atoms with Crippen LogP contribution in [0, 0.1) is 26.1 Å². The highest BCUT2D eigenvalue weighted by Gasteiger charge is 2.40. The first-order valence-electron chi connectivity index (χ1n) is 6.33. The Balaban J connectivity index is 3.29. The van der Waals surface area contributed by atoms with Crippen molar-refractivity contribution < 1.29 is 28.9 Å². The van der Waals surface area contributed by atoms with Crippen LogP contribution in [-0.2, 0) is 19.1 Å². The monoisotopic (exact) mass is 326 g/mol. The van der Waals surface area contributed by atoms with Gasteiger partial charge in [0.2, 0.25) is 6.54 Å². The van der Waals surface area contributed by atoms with Gasteiger partial charge in [0.1, 0.15) is 0 Å². The van der Waals surface area contributed by atoms with Crippen molar-refractivity contribution in [2.45, 2.75) is 5.92 Å². The Hall–Kier alpha value is -3.04. The Morgan fingerprint density at radius 1 is 1.04 bits per heavy atom. The van der Waals surface area contributed by atoms with Crippen LogP contribution in [0.3, 0.4) is 0 Å². The fraction of sp³-hybridized carbons (Fsp3) is 0.385. The molecule has 0 N–H and O–H groups in total. The molecule has 0 aliphatic heterocycles. The number of carbonyl (C=O) groups excluding carboxylic acids is 2. The van der Waals surface area contributed by atoms with E-state index in [9.17, 15) is 29.8 Å². The molecule has 0 saturated heterocycles. The van der Waals surface area contributed by atoms with Crippen LogP contribution in [0.4, 0.5) is 5.69 Å². The van der Waals surface area contributed by atoms with E-state index in [0.29, 0.717) is 0 Å². The van der Waals surface area contributed by atoms with E-state index in [2.05, 4.69) is 9.47 Å². The number of esters is 2.